The molecule has 0 aliphatic carbocycles. The monoisotopic (exact) mass is 371 g/mol. The summed E-state index contributed by atoms with van der Waals surface area (Å²) in [7, 11) is 0. The second-order valence-corrected chi connectivity index (χ2v) is 5.55. The van der Waals surface area contributed by atoms with Crippen LogP contribution in [0.5, 0.6) is 5.75 Å². The molecule has 0 atom stereocenters. The highest BCUT2D eigenvalue weighted by atomic mass is 79.9. The van der Waals surface area contributed by atoms with Crippen molar-refractivity contribution in [3.05, 3.63) is 64.1 Å². The molecule has 2 rings (SSSR count). The van der Waals surface area contributed by atoms with E-state index in [0.717, 1.165) is 10.0 Å². The molecular formula is C17H14BrN3O2. The van der Waals surface area contributed by atoms with Crippen LogP contribution in [0.2, 0.25) is 0 Å². The molecule has 0 heterocycles. The maximum absolute atomic E-state index is 11.8. The molecule has 23 heavy (non-hydrogen) atoms. The van der Waals surface area contributed by atoms with E-state index in [2.05, 4.69) is 26.5 Å². The Morgan fingerprint density at radius 1 is 1.26 bits per heavy atom. The van der Waals surface area contributed by atoms with Crippen molar-refractivity contribution in [2.75, 3.05) is 6.61 Å². The van der Waals surface area contributed by atoms with Crippen molar-refractivity contribution in [1.82, 2.24) is 5.43 Å². The average molecular weight is 372 g/mol. The van der Waals surface area contributed by atoms with Gasteiger partial charge in [0, 0.05) is 4.47 Å². The minimum absolute atomic E-state index is 0.212. The number of hydrazone groups is 1. The van der Waals surface area contributed by atoms with Gasteiger partial charge in [-0.15, -0.1) is 0 Å². The van der Waals surface area contributed by atoms with E-state index >= 15 is 0 Å². The van der Waals surface area contributed by atoms with Gasteiger partial charge in [0.25, 0.3) is 5.91 Å². The van der Waals surface area contributed by atoms with Gasteiger partial charge in [0.05, 0.1) is 11.3 Å². The Balaban J connectivity index is 1.91. The number of rotatable bonds is 5. The number of benzene rings is 2. The maximum Gasteiger partial charge on any atom is 0.277 e. The molecule has 0 saturated carbocycles. The summed E-state index contributed by atoms with van der Waals surface area (Å²) in [5.41, 5.74) is 4.41. The van der Waals surface area contributed by atoms with E-state index in [0.29, 0.717) is 17.0 Å². The number of halogens is 1. The normalized spacial score (nSPS) is 10.7. The topological polar surface area (TPSA) is 74.5 Å². The number of carbonyl (C=O) groups excluding carboxylic acids is 1. The van der Waals surface area contributed by atoms with Gasteiger partial charge in [-0.1, -0.05) is 40.2 Å². The van der Waals surface area contributed by atoms with Gasteiger partial charge in [-0.05, 0) is 36.8 Å². The molecule has 0 bridgehead atoms. The number of hydrogen-bond donors (Lipinski definition) is 1. The summed E-state index contributed by atoms with van der Waals surface area (Å²) in [6.07, 6.45) is 0. The largest absolute Gasteiger partial charge is 0.482 e. The zero-order chi connectivity index (χ0) is 16.7. The number of hydrogen-bond acceptors (Lipinski definition) is 4. The molecule has 0 saturated heterocycles. The molecule has 0 aliphatic rings. The Labute approximate surface area is 142 Å². The van der Waals surface area contributed by atoms with Crippen LogP contribution >= 0.6 is 15.9 Å². The average Bonchev–Trinajstić information content (AvgIpc) is 2.58. The second-order valence-electron chi connectivity index (χ2n) is 4.64. The van der Waals surface area contributed by atoms with E-state index in [1.165, 1.54) is 0 Å². The highest BCUT2D eigenvalue weighted by Crippen LogP contribution is 2.16. The van der Waals surface area contributed by atoms with Crippen molar-refractivity contribution in [3.8, 4) is 11.8 Å². The minimum atomic E-state index is -0.394. The molecule has 0 fully saturated rings. The lowest BCUT2D eigenvalue weighted by atomic mass is 10.1. The zero-order valence-corrected chi connectivity index (χ0v) is 14.0. The molecule has 0 aliphatic heterocycles. The Morgan fingerprint density at radius 2 is 1.96 bits per heavy atom. The fourth-order valence-corrected chi connectivity index (χ4v) is 2.03. The smallest absolute Gasteiger partial charge is 0.277 e. The number of amides is 1. The highest BCUT2D eigenvalue weighted by Gasteiger charge is 2.06. The lowest BCUT2D eigenvalue weighted by Gasteiger charge is -2.07. The van der Waals surface area contributed by atoms with Gasteiger partial charge in [-0.2, -0.15) is 10.4 Å². The Kier molecular flexibility index (Phi) is 5.89. The lowest BCUT2D eigenvalue weighted by molar-refractivity contribution is -0.123. The molecule has 1 N–H and O–H groups in total. The number of nitrogens with one attached hydrogen (secondary N) is 1. The van der Waals surface area contributed by atoms with Gasteiger partial charge >= 0.3 is 0 Å². The summed E-state index contributed by atoms with van der Waals surface area (Å²) in [5, 5.41) is 13.0. The first kappa shape index (κ1) is 16.7. The first-order chi connectivity index (χ1) is 11.1. The second kappa shape index (κ2) is 8.11. The maximum atomic E-state index is 11.8. The molecule has 0 aromatic heterocycles. The Bertz CT molecular complexity index is 764. The van der Waals surface area contributed by atoms with E-state index in [1.54, 1.807) is 31.2 Å². The molecule has 0 radical (unpaired) electrons. The third-order valence-electron chi connectivity index (χ3n) is 2.98. The number of para-hydroxylation sites is 1. The standard InChI is InChI=1S/C17H14BrN3O2/c1-12(13-6-8-15(18)9-7-13)20-21-17(22)11-23-16-5-3-2-4-14(16)10-19/h2-9H,11H2,1H3,(H,21,22)/b20-12+. The third kappa shape index (κ3) is 4.94. The SMILES string of the molecule is C/C(=N\NC(=O)COc1ccccc1C#N)c1ccc(Br)cc1. The van der Waals surface area contributed by atoms with Crippen LogP contribution in [-0.2, 0) is 4.79 Å². The summed E-state index contributed by atoms with van der Waals surface area (Å²) >= 11 is 3.36. The lowest BCUT2D eigenvalue weighted by Crippen LogP contribution is -2.25. The van der Waals surface area contributed by atoms with Gasteiger partial charge in [0.2, 0.25) is 0 Å². The molecule has 2 aromatic rings. The summed E-state index contributed by atoms with van der Waals surface area (Å²) < 4.78 is 6.31. The van der Waals surface area contributed by atoms with Crippen molar-refractivity contribution in [3.63, 3.8) is 0 Å². The highest BCUT2D eigenvalue weighted by molar-refractivity contribution is 9.10. The molecule has 0 unspecified atom stereocenters. The van der Waals surface area contributed by atoms with Crippen LogP contribution in [0.1, 0.15) is 18.1 Å². The van der Waals surface area contributed by atoms with Gasteiger partial charge in [-0.3, -0.25) is 4.79 Å². The van der Waals surface area contributed by atoms with Crippen LogP contribution < -0.4 is 10.2 Å². The van der Waals surface area contributed by atoms with Crippen molar-refractivity contribution in [1.29, 1.82) is 5.26 Å². The third-order valence-corrected chi connectivity index (χ3v) is 3.51. The number of carbonyl (C=O) groups is 1. The predicted molar refractivity (Wildman–Crippen MR) is 91.1 cm³/mol. The van der Waals surface area contributed by atoms with Crippen molar-refractivity contribution < 1.29 is 9.53 Å². The predicted octanol–water partition coefficient (Wildman–Crippen LogP) is 3.24. The summed E-state index contributed by atoms with van der Waals surface area (Å²) in [6, 6.07) is 16.3. The van der Waals surface area contributed by atoms with Crippen LogP contribution in [0.15, 0.2) is 58.1 Å². The zero-order valence-electron chi connectivity index (χ0n) is 12.4. The van der Waals surface area contributed by atoms with E-state index in [-0.39, 0.29) is 6.61 Å². The number of ether oxygens (including phenoxy) is 1. The summed E-state index contributed by atoms with van der Waals surface area (Å²) in [5.74, 6) is -0.0204. The molecule has 116 valence electrons. The first-order valence-electron chi connectivity index (χ1n) is 6.81. The van der Waals surface area contributed by atoms with Crippen LogP contribution in [0.25, 0.3) is 0 Å². The fourth-order valence-electron chi connectivity index (χ4n) is 1.76. The van der Waals surface area contributed by atoms with Gasteiger partial charge < -0.3 is 4.74 Å². The van der Waals surface area contributed by atoms with Crippen LogP contribution in [-0.4, -0.2) is 18.2 Å². The van der Waals surface area contributed by atoms with Crippen LogP contribution in [0.3, 0.4) is 0 Å². The van der Waals surface area contributed by atoms with E-state index in [1.807, 2.05) is 30.3 Å². The summed E-state index contributed by atoms with van der Waals surface area (Å²) in [4.78, 5) is 11.8. The van der Waals surface area contributed by atoms with Gasteiger partial charge in [0.1, 0.15) is 11.8 Å². The van der Waals surface area contributed by atoms with Crippen LogP contribution in [0.4, 0.5) is 0 Å². The Hall–Kier alpha value is -2.65. The van der Waals surface area contributed by atoms with Gasteiger partial charge in [-0.25, -0.2) is 5.43 Å². The van der Waals surface area contributed by atoms with Crippen molar-refractivity contribution in [2.45, 2.75) is 6.92 Å². The number of nitriles is 1. The Morgan fingerprint density at radius 3 is 2.65 bits per heavy atom. The number of nitrogens with zero attached hydrogens (tertiary/aromatic N) is 2. The first-order valence-corrected chi connectivity index (χ1v) is 7.60. The van der Waals surface area contributed by atoms with E-state index < -0.39 is 5.91 Å². The molecule has 1 amide bonds. The van der Waals surface area contributed by atoms with Crippen molar-refractivity contribution in [2.24, 2.45) is 5.10 Å². The fraction of sp³-hybridized carbons (Fsp3) is 0.118. The molecule has 6 heteroatoms. The molecule has 2 aromatic carbocycles. The summed E-state index contributed by atoms with van der Waals surface area (Å²) in [6.45, 7) is 1.59. The minimum Gasteiger partial charge on any atom is -0.482 e. The quantitative estimate of drug-likeness (QED) is 0.647. The molecule has 5 nitrogen and oxygen atoms in total. The van der Waals surface area contributed by atoms with E-state index in [4.69, 9.17) is 10.00 Å². The van der Waals surface area contributed by atoms with Crippen molar-refractivity contribution >= 4 is 27.5 Å². The molecular weight excluding hydrogens is 358 g/mol. The van der Waals surface area contributed by atoms with Gasteiger partial charge in [0.15, 0.2) is 6.61 Å². The van der Waals surface area contributed by atoms with Crippen LogP contribution in [0, 0.1) is 11.3 Å². The molecule has 0 spiro atoms. The van der Waals surface area contributed by atoms with E-state index in [9.17, 15) is 4.79 Å².